The first-order valence-corrected chi connectivity index (χ1v) is 7.19. The predicted octanol–water partition coefficient (Wildman–Crippen LogP) is 3.52. The molecule has 1 aliphatic heterocycles. The fraction of sp³-hybridized carbons (Fsp3) is 0.500. The molecule has 0 bridgehead atoms. The molecule has 2 heteroatoms. The number of rotatable bonds is 3. The third-order valence-corrected chi connectivity index (χ3v) is 4.05. The normalized spacial score (nSPS) is 17.4. The van der Waals surface area contributed by atoms with Gasteiger partial charge in [-0.25, -0.2) is 0 Å². The lowest BCUT2D eigenvalue weighted by atomic mass is 9.94. The van der Waals surface area contributed by atoms with Crippen LogP contribution in [0.2, 0.25) is 0 Å². The minimum Gasteiger partial charge on any atom is -0.344 e. The van der Waals surface area contributed by atoms with Crippen molar-refractivity contribution < 1.29 is 0 Å². The van der Waals surface area contributed by atoms with Crippen LogP contribution in [0, 0.1) is 0 Å². The standard InChI is InChI=1S/C16H22N2/c1-2-11-18-15-6-4-3-5-14(15)12-16(18)13-7-9-17-10-8-13/h3-6,12-13,17H,2,7-11H2,1H3. The third kappa shape index (κ3) is 2.05. The van der Waals surface area contributed by atoms with E-state index in [0.29, 0.717) is 0 Å². The predicted molar refractivity (Wildman–Crippen MR) is 77.1 cm³/mol. The van der Waals surface area contributed by atoms with Crippen molar-refractivity contribution in [1.82, 2.24) is 9.88 Å². The van der Waals surface area contributed by atoms with Crippen molar-refractivity contribution in [3.05, 3.63) is 36.0 Å². The van der Waals surface area contributed by atoms with Gasteiger partial charge in [0, 0.05) is 23.7 Å². The Morgan fingerprint density at radius 2 is 2.00 bits per heavy atom. The van der Waals surface area contributed by atoms with Gasteiger partial charge < -0.3 is 9.88 Å². The molecule has 3 rings (SSSR count). The number of piperidine rings is 1. The van der Waals surface area contributed by atoms with Gasteiger partial charge in [-0.05, 0) is 49.9 Å². The van der Waals surface area contributed by atoms with E-state index in [4.69, 9.17) is 0 Å². The summed E-state index contributed by atoms with van der Waals surface area (Å²) in [6, 6.07) is 11.2. The molecule has 0 radical (unpaired) electrons. The number of para-hydroxylation sites is 1. The molecule has 0 amide bonds. The van der Waals surface area contributed by atoms with Crippen molar-refractivity contribution in [3.8, 4) is 0 Å². The summed E-state index contributed by atoms with van der Waals surface area (Å²) in [7, 11) is 0. The number of hydrogen-bond donors (Lipinski definition) is 1. The largest absolute Gasteiger partial charge is 0.344 e. The van der Waals surface area contributed by atoms with Gasteiger partial charge >= 0.3 is 0 Å². The van der Waals surface area contributed by atoms with E-state index in [0.717, 1.165) is 25.6 Å². The van der Waals surface area contributed by atoms with Gasteiger partial charge in [0.15, 0.2) is 0 Å². The van der Waals surface area contributed by atoms with Crippen LogP contribution >= 0.6 is 0 Å². The molecule has 18 heavy (non-hydrogen) atoms. The van der Waals surface area contributed by atoms with Gasteiger partial charge in [-0.15, -0.1) is 0 Å². The average molecular weight is 242 g/mol. The summed E-state index contributed by atoms with van der Waals surface area (Å²) < 4.78 is 2.55. The first-order chi connectivity index (χ1) is 8.90. The van der Waals surface area contributed by atoms with E-state index in [-0.39, 0.29) is 0 Å². The molecule has 2 heterocycles. The molecule has 0 unspecified atom stereocenters. The molecular weight excluding hydrogens is 220 g/mol. The lowest BCUT2D eigenvalue weighted by Crippen LogP contribution is -2.27. The highest BCUT2D eigenvalue weighted by molar-refractivity contribution is 5.81. The summed E-state index contributed by atoms with van der Waals surface area (Å²) in [5.74, 6) is 0.741. The van der Waals surface area contributed by atoms with Crippen molar-refractivity contribution in [2.45, 2.75) is 38.6 Å². The summed E-state index contributed by atoms with van der Waals surface area (Å²) in [5.41, 5.74) is 2.97. The SMILES string of the molecule is CCCn1c(C2CCNCC2)cc2ccccc21. The van der Waals surface area contributed by atoms with Gasteiger partial charge in [-0.3, -0.25) is 0 Å². The summed E-state index contributed by atoms with van der Waals surface area (Å²) in [4.78, 5) is 0. The number of benzene rings is 1. The molecular formula is C16H22N2. The van der Waals surface area contributed by atoms with Gasteiger partial charge in [-0.2, -0.15) is 0 Å². The third-order valence-electron chi connectivity index (χ3n) is 4.05. The van der Waals surface area contributed by atoms with Crippen molar-refractivity contribution in [2.75, 3.05) is 13.1 Å². The Morgan fingerprint density at radius 1 is 1.22 bits per heavy atom. The van der Waals surface area contributed by atoms with Gasteiger partial charge in [0.05, 0.1) is 0 Å². The number of aromatic nitrogens is 1. The van der Waals surface area contributed by atoms with Crippen LogP contribution in [-0.2, 0) is 6.54 Å². The van der Waals surface area contributed by atoms with Gasteiger partial charge in [0.1, 0.15) is 0 Å². The highest BCUT2D eigenvalue weighted by atomic mass is 15.0. The van der Waals surface area contributed by atoms with Crippen LogP contribution in [0.25, 0.3) is 10.9 Å². The Kier molecular flexibility index (Phi) is 3.37. The van der Waals surface area contributed by atoms with Gasteiger partial charge in [-0.1, -0.05) is 25.1 Å². The highest BCUT2D eigenvalue weighted by Crippen LogP contribution is 2.31. The molecule has 1 aromatic carbocycles. The molecule has 0 spiro atoms. The van der Waals surface area contributed by atoms with Gasteiger partial charge in [0.2, 0.25) is 0 Å². The summed E-state index contributed by atoms with van der Waals surface area (Å²) in [6.07, 6.45) is 3.76. The molecule has 1 N–H and O–H groups in total. The summed E-state index contributed by atoms with van der Waals surface area (Å²) >= 11 is 0. The quantitative estimate of drug-likeness (QED) is 0.871. The number of nitrogens with one attached hydrogen (secondary N) is 1. The Balaban J connectivity index is 2.05. The Hall–Kier alpha value is -1.28. The van der Waals surface area contributed by atoms with Crippen LogP contribution in [-0.4, -0.2) is 17.7 Å². The lowest BCUT2D eigenvalue weighted by Gasteiger charge is -2.24. The van der Waals surface area contributed by atoms with E-state index in [1.165, 1.54) is 30.2 Å². The topological polar surface area (TPSA) is 17.0 Å². The van der Waals surface area contributed by atoms with E-state index in [1.54, 1.807) is 5.69 Å². The first kappa shape index (κ1) is 11.8. The van der Waals surface area contributed by atoms with E-state index in [9.17, 15) is 0 Å². The van der Waals surface area contributed by atoms with E-state index < -0.39 is 0 Å². The molecule has 2 aromatic rings. The van der Waals surface area contributed by atoms with Crippen LogP contribution in [0.4, 0.5) is 0 Å². The Morgan fingerprint density at radius 3 is 2.78 bits per heavy atom. The Labute approximate surface area is 109 Å². The summed E-state index contributed by atoms with van der Waals surface area (Å²) in [6.45, 7) is 5.74. The van der Waals surface area contributed by atoms with Crippen LogP contribution in [0.5, 0.6) is 0 Å². The second-order valence-corrected chi connectivity index (χ2v) is 5.30. The maximum atomic E-state index is 3.46. The lowest BCUT2D eigenvalue weighted by molar-refractivity contribution is 0.440. The van der Waals surface area contributed by atoms with E-state index >= 15 is 0 Å². The molecule has 0 atom stereocenters. The number of hydrogen-bond acceptors (Lipinski definition) is 1. The summed E-state index contributed by atoms with van der Waals surface area (Å²) in [5, 5.41) is 4.86. The zero-order valence-corrected chi connectivity index (χ0v) is 11.2. The zero-order valence-electron chi connectivity index (χ0n) is 11.2. The minimum absolute atomic E-state index is 0.741. The molecule has 0 saturated carbocycles. The maximum absolute atomic E-state index is 3.46. The molecule has 0 aliphatic carbocycles. The molecule has 96 valence electrons. The van der Waals surface area contributed by atoms with Crippen LogP contribution < -0.4 is 5.32 Å². The molecule has 1 aromatic heterocycles. The number of aryl methyl sites for hydroxylation is 1. The fourth-order valence-corrected chi connectivity index (χ4v) is 3.16. The Bertz CT molecular complexity index is 521. The van der Waals surface area contributed by atoms with Gasteiger partial charge in [0.25, 0.3) is 0 Å². The van der Waals surface area contributed by atoms with Crippen LogP contribution in [0.15, 0.2) is 30.3 Å². The fourth-order valence-electron chi connectivity index (χ4n) is 3.16. The van der Waals surface area contributed by atoms with Crippen molar-refractivity contribution in [1.29, 1.82) is 0 Å². The number of nitrogens with zero attached hydrogens (tertiary/aromatic N) is 1. The van der Waals surface area contributed by atoms with Crippen LogP contribution in [0.3, 0.4) is 0 Å². The molecule has 1 aliphatic rings. The molecule has 1 saturated heterocycles. The highest BCUT2D eigenvalue weighted by Gasteiger charge is 2.19. The molecule has 1 fully saturated rings. The second-order valence-electron chi connectivity index (χ2n) is 5.30. The van der Waals surface area contributed by atoms with Crippen LogP contribution in [0.1, 0.15) is 37.8 Å². The number of fused-ring (bicyclic) bond motifs is 1. The van der Waals surface area contributed by atoms with Crippen molar-refractivity contribution in [2.24, 2.45) is 0 Å². The first-order valence-electron chi connectivity index (χ1n) is 7.19. The van der Waals surface area contributed by atoms with Crippen molar-refractivity contribution in [3.63, 3.8) is 0 Å². The minimum atomic E-state index is 0.741. The molecule has 2 nitrogen and oxygen atoms in total. The maximum Gasteiger partial charge on any atom is 0.0482 e. The second kappa shape index (κ2) is 5.15. The smallest absolute Gasteiger partial charge is 0.0482 e. The average Bonchev–Trinajstić information content (AvgIpc) is 2.80. The van der Waals surface area contributed by atoms with E-state index in [2.05, 4.69) is 47.1 Å². The zero-order chi connectivity index (χ0) is 12.4. The van der Waals surface area contributed by atoms with Crippen molar-refractivity contribution >= 4 is 10.9 Å². The monoisotopic (exact) mass is 242 g/mol. The van der Waals surface area contributed by atoms with E-state index in [1.807, 2.05) is 0 Å².